The van der Waals surface area contributed by atoms with Crippen molar-refractivity contribution in [3.05, 3.63) is 81.3 Å². The molecular weight excluding hydrogens is 422 g/mol. The van der Waals surface area contributed by atoms with Crippen molar-refractivity contribution in [3.63, 3.8) is 0 Å². The Morgan fingerprint density at radius 3 is 2.58 bits per heavy atom. The molecule has 0 unspecified atom stereocenters. The molecular formula is C25H29N3OS2. The van der Waals surface area contributed by atoms with Crippen LogP contribution in [0.3, 0.4) is 0 Å². The molecule has 0 saturated carbocycles. The highest BCUT2D eigenvalue weighted by Crippen LogP contribution is 2.24. The zero-order valence-corrected chi connectivity index (χ0v) is 19.8. The van der Waals surface area contributed by atoms with E-state index >= 15 is 0 Å². The van der Waals surface area contributed by atoms with Gasteiger partial charge in [0.05, 0.1) is 10.7 Å². The number of rotatable bonds is 6. The molecule has 0 spiro atoms. The van der Waals surface area contributed by atoms with E-state index in [-0.39, 0.29) is 5.91 Å². The van der Waals surface area contributed by atoms with Crippen molar-refractivity contribution in [2.24, 2.45) is 0 Å². The molecule has 4 rings (SSSR count). The smallest absolute Gasteiger partial charge is 0.253 e. The second-order valence-corrected chi connectivity index (χ2v) is 10.1. The van der Waals surface area contributed by atoms with E-state index in [2.05, 4.69) is 58.6 Å². The standard InChI is InChI=1S/C25H29N3OS2/c1-19-6-3-4-7-22(19)16-27-12-5-13-28(15-14-27)25(29)21-8-10-24(11-9-21)31-18-23-17-30-20(2)26-23/h3-4,6-11,17H,5,12-16,18H2,1-2H3. The molecule has 1 aromatic heterocycles. The minimum atomic E-state index is 0.143. The van der Waals surface area contributed by atoms with Crippen LogP contribution in [0.2, 0.25) is 0 Å². The lowest BCUT2D eigenvalue weighted by molar-refractivity contribution is 0.0761. The number of carbonyl (C=O) groups is 1. The Kier molecular flexibility index (Phi) is 7.43. The van der Waals surface area contributed by atoms with E-state index in [9.17, 15) is 4.79 Å². The van der Waals surface area contributed by atoms with Gasteiger partial charge >= 0.3 is 0 Å². The van der Waals surface area contributed by atoms with Crippen LogP contribution in [0.25, 0.3) is 0 Å². The number of aryl methyl sites for hydroxylation is 2. The van der Waals surface area contributed by atoms with Gasteiger partial charge in [-0.3, -0.25) is 9.69 Å². The summed E-state index contributed by atoms with van der Waals surface area (Å²) in [5.41, 5.74) is 4.61. The molecule has 6 heteroatoms. The van der Waals surface area contributed by atoms with Gasteiger partial charge in [0.1, 0.15) is 0 Å². The number of carbonyl (C=O) groups excluding carboxylic acids is 1. The number of thiazole rings is 1. The zero-order valence-electron chi connectivity index (χ0n) is 18.2. The Morgan fingerprint density at radius 2 is 1.84 bits per heavy atom. The molecule has 1 saturated heterocycles. The monoisotopic (exact) mass is 451 g/mol. The van der Waals surface area contributed by atoms with Gasteiger partial charge in [-0.25, -0.2) is 4.98 Å². The van der Waals surface area contributed by atoms with Crippen LogP contribution in [0.15, 0.2) is 58.8 Å². The van der Waals surface area contributed by atoms with Crippen molar-refractivity contribution < 1.29 is 4.79 Å². The SMILES string of the molecule is Cc1nc(CSc2ccc(C(=O)N3CCCN(Cc4ccccc4C)CC3)cc2)cs1. The third kappa shape index (κ3) is 5.97. The maximum atomic E-state index is 13.1. The predicted molar refractivity (Wildman–Crippen MR) is 130 cm³/mol. The first-order chi connectivity index (χ1) is 15.1. The summed E-state index contributed by atoms with van der Waals surface area (Å²) in [7, 11) is 0. The van der Waals surface area contributed by atoms with Crippen LogP contribution in [-0.2, 0) is 12.3 Å². The number of thioether (sulfide) groups is 1. The Bertz CT molecular complexity index is 1020. The quantitative estimate of drug-likeness (QED) is 0.470. The van der Waals surface area contributed by atoms with Crippen LogP contribution in [0.1, 0.15) is 38.6 Å². The third-order valence-corrected chi connectivity index (χ3v) is 7.55. The van der Waals surface area contributed by atoms with Crippen LogP contribution < -0.4 is 0 Å². The van der Waals surface area contributed by atoms with Crippen LogP contribution in [0.4, 0.5) is 0 Å². The first-order valence-corrected chi connectivity index (χ1v) is 12.6. The molecule has 1 aliphatic heterocycles. The molecule has 1 amide bonds. The van der Waals surface area contributed by atoms with Crippen LogP contribution in [-0.4, -0.2) is 46.9 Å². The van der Waals surface area contributed by atoms with E-state index in [0.29, 0.717) is 0 Å². The van der Waals surface area contributed by atoms with Crippen molar-refractivity contribution in [3.8, 4) is 0 Å². The lowest BCUT2D eigenvalue weighted by Gasteiger charge is -2.22. The number of hydrogen-bond donors (Lipinski definition) is 0. The van der Waals surface area contributed by atoms with Gasteiger partial charge in [0.2, 0.25) is 0 Å². The summed E-state index contributed by atoms with van der Waals surface area (Å²) in [6, 6.07) is 16.6. The van der Waals surface area contributed by atoms with E-state index in [1.165, 1.54) is 16.0 Å². The predicted octanol–water partition coefficient (Wildman–Crippen LogP) is 5.40. The largest absolute Gasteiger partial charge is 0.337 e. The van der Waals surface area contributed by atoms with E-state index < -0.39 is 0 Å². The third-order valence-electron chi connectivity index (χ3n) is 5.69. The molecule has 2 heterocycles. The molecule has 0 atom stereocenters. The fourth-order valence-corrected chi connectivity index (χ4v) is 5.38. The average Bonchev–Trinajstić information content (AvgIpc) is 3.06. The van der Waals surface area contributed by atoms with Crippen molar-refractivity contribution in [2.75, 3.05) is 26.2 Å². The molecule has 0 aliphatic carbocycles. The normalized spacial score (nSPS) is 15.1. The topological polar surface area (TPSA) is 36.4 Å². The van der Waals surface area contributed by atoms with Gasteiger partial charge in [-0.15, -0.1) is 23.1 Å². The van der Waals surface area contributed by atoms with Crippen LogP contribution in [0.5, 0.6) is 0 Å². The summed E-state index contributed by atoms with van der Waals surface area (Å²) in [6.45, 7) is 8.71. The van der Waals surface area contributed by atoms with E-state index in [4.69, 9.17) is 0 Å². The molecule has 4 nitrogen and oxygen atoms in total. The molecule has 31 heavy (non-hydrogen) atoms. The minimum Gasteiger partial charge on any atom is -0.337 e. The molecule has 2 aromatic carbocycles. The first kappa shape index (κ1) is 22.1. The van der Waals surface area contributed by atoms with Crippen molar-refractivity contribution >= 4 is 29.0 Å². The second-order valence-electron chi connectivity index (χ2n) is 8.02. The number of benzene rings is 2. The second kappa shape index (κ2) is 10.4. The highest BCUT2D eigenvalue weighted by atomic mass is 32.2. The van der Waals surface area contributed by atoms with Crippen molar-refractivity contribution in [2.45, 2.75) is 37.5 Å². The van der Waals surface area contributed by atoms with Gasteiger partial charge < -0.3 is 4.90 Å². The fourth-order valence-electron chi connectivity index (χ4n) is 3.87. The molecule has 0 radical (unpaired) electrons. The summed E-state index contributed by atoms with van der Waals surface area (Å²) >= 11 is 3.45. The minimum absolute atomic E-state index is 0.143. The average molecular weight is 452 g/mol. The highest BCUT2D eigenvalue weighted by molar-refractivity contribution is 7.98. The Hall–Kier alpha value is -2.15. The van der Waals surface area contributed by atoms with Gasteiger partial charge in [-0.05, 0) is 55.7 Å². The molecule has 0 bridgehead atoms. The molecule has 3 aromatic rings. The number of amides is 1. The molecule has 1 aliphatic rings. The number of aromatic nitrogens is 1. The lowest BCUT2D eigenvalue weighted by atomic mass is 10.1. The van der Waals surface area contributed by atoms with Crippen molar-refractivity contribution in [1.29, 1.82) is 0 Å². The summed E-state index contributed by atoms with van der Waals surface area (Å²) in [6.07, 6.45) is 1.01. The Morgan fingerprint density at radius 1 is 1.03 bits per heavy atom. The first-order valence-electron chi connectivity index (χ1n) is 10.8. The van der Waals surface area contributed by atoms with Gasteiger partial charge in [-0.1, -0.05) is 24.3 Å². The molecule has 162 valence electrons. The van der Waals surface area contributed by atoms with E-state index in [1.54, 1.807) is 23.1 Å². The van der Waals surface area contributed by atoms with E-state index in [0.717, 1.165) is 61.2 Å². The van der Waals surface area contributed by atoms with Crippen LogP contribution >= 0.6 is 23.1 Å². The van der Waals surface area contributed by atoms with Gasteiger partial charge in [0.15, 0.2) is 0 Å². The summed E-state index contributed by atoms with van der Waals surface area (Å²) in [5, 5.41) is 3.22. The molecule has 0 N–H and O–H groups in total. The van der Waals surface area contributed by atoms with Gasteiger partial charge in [0.25, 0.3) is 5.91 Å². The Balaban J connectivity index is 1.31. The number of hydrogen-bond acceptors (Lipinski definition) is 5. The summed E-state index contributed by atoms with van der Waals surface area (Å²) < 4.78 is 0. The van der Waals surface area contributed by atoms with Gasteiger partial charge in [-0.2, -0.15) is 0 Å². The maximum absolute atomic E-state index is 13.1. The van der Waals surface area contributed by atoms with Crippen LogP contribution in [0, 0.1) is 13.8 Å². The maximum Gasteiger partial charge on any atom is 0.253 e. The van der Waals surface area contributed by atoms with E-state index in [1.807, 2.05) is 24.0 Å². The number of nitrogens with zero attached hydrogens (tertiary/aromatic N) is 3. The summed E-state index contributed by atoms with van der Waals surface area (Å²) in [4.78, 5) is 23.2. The highest BCUT2D eigenvalue weighted by Gasteiger charge is 2.20. The summed E-state index contributed by atoms with van der Waals surface area (Å²) in [5.74, 6) is 1.00. The lowest BCUT2D eigenvalue weighted by Crippen LogP contribution is -2.35. The van der Waals surface area contributed by atoms with Gasteiger partial charge in [0, 0.05) is 54.3 Å². The zero-order chi connectivity index (χ0) is 21.6. The Labute approximate surface area is 193 Å². The fraction of sp³-hybridized carbons (Fsp3) is 0.360. The van der Waals surface area contributed by atoms with Crippen molar-refractivity contribution in [1.82, 2.24) is 14.8 Å². The molecule has 1 fully saturated rings.